The Balaban J connectivity index is 4.14. The zero-order chi connectivity index (χ0) is 57.7. The monoisotopic (exact) mass is 1130 g/mol. The van der Waals surface area contributed by atoms with Crippen molar-refractivity contribution in [3.63, 3.8) is 0 Å². The van der Waals surface area contributed by atoms with Crippen LogP contribution in [0.4, 0.5) is 0 Å². The number of carbonyl (C=O) groups excluding carboxylic acids is 1. The number of nitrogens with zero attached hydrogens (tertiary/aromatic N) is 1. The minimum absolute atomic E-state index is 0.0563. The first-order valence-corrected chi connectivity index (χ1v) is 35.0. The number of likely N-dealkylation sites (N-methyl/N-ethyl adjacent to an activating group) is 1. The molecule has 1 amide bonds. The van der Waals surface area contributed by atoms with Crippen LogP contribution in [0.25, 0.3) is 0 Å². The van der Waals surface area contributed by atoms with Crippen molar-refractivity contribution in [1.82, 2.24) is 5.32 Å². The first kappa shape index (κ1) is 76.7. The summed E-state index contributed by atoms with van der Waals surface area (Å²) in [6, 6.07) is -0.859. The highest BCUT2D eigenvalue weighted by molar-refractivity contribution is 7.47. The smallest absolute Gasteiger partial charge is 0.387 e. The van der Waals surface area contributed by atoms with Gasteiger partial charge in [-0.1, -0.05) is 311 Å². The van der Waals surface area contributed by atoms with Gasteiger partial charge >= 0.3 is 7.82 Å². The van der Waals surface area contributed by atoms with Gasteiger partial charge in [-0.3, -0.25) is 13.8 Å². The summed E-state index contributed by atoms with van der Waals surface area (Å²) < 4.78 is 23.8. The second-order valence-corrected chi connectivity index (χ2v) is 25.3. The van der Waals surface area contributed by atoms with E-state index in [4.69, 9.17) is 9.05 Å². The predicted octanol–water partition coefficient (Wildman–Crippen LogP) is 21.2. The third-order valence-corrected chi connectivity index (χ3v) is 15.9. The van der Waals surface area contributed by atoms with Crippen LogP contribution in [0.15, 0.2) is 85.1 Å². The summed E-state index contributed by atoms with van der Waals surface area (Å²) in [4.78, 5) is 23.4. The van der Waals surface area contributed by atoms with E-state index in [-0.39, 0.29) is 19.1 Å². The van der Waals surface area contributed by atoms with E-state index in [1.807, 2.05) is 27.2 Å². The first-order chi connectivity index (χ1) is 38.5. The van der Waals surface area contributed by atoms with Gasteiger partial charge in [-0.15, -0.1) is 0 Å². The van der Waals surface area contributed by atoms with Gasteiger partial charge in [-0.2, -0.15) is 0 Å². The molecule has 0 aliphatic heterocycles. The minimum atomic E-state index is -4.36. The standard InChI is InChI=1S/C70H129N2O6P/c1-6-8-10-12-14-16-18-20-22-24-26-28-30-32-34-35-36-38-39-41-43-45-47-49-51-53-55-57-59-61-63-69(73)68(67-78-79(75,76)77-66-65-72(3,4)5)71-70(74)64-62-60-58-56-54-52-50-48-46-44-42-40-37-33-31-29-27-25-23-21-19-17-15-13-11-9-7-2/h9,11,15,17,21,23,27,29,33,37,42,44,61,63,68-69,73H,6-8,10,12-14,16,18-20,22,24-26,28,30-32,34-36,38-41,43,45-60,62,64-67H2,1-5H3,(H-,71,74,75,76)/p+1/b11-9-,17-15-,23-21-,29-27-,37-33-,44-42-,63-61+. The number of allylic oxidation sites excluding steroid dienone is 13. The highest BCUT2D eigenvalue weighted by atomic mass is 31.2. The number of quaternary nitrogens is 1. The highest BCUT2D eigenvalue weighted by Gasteiger charge is 2.28. The Morgan fingerprint density at radius 1 is 0.443 bits per heavy atom. The topological polar surface area (TPSA) is 105 Å². The van der Waals surface area contributed by atoms with Crippen molar-refractivity contribution in [2.45, 2.75) is 315 Å². The molecule has 0 saturated heterocycles. The lowest BCUT2D eigenvalue weighted by Gasteiger charge is -2.25. The lowest BCUT2D eigenvalue weighted by Crippen LogP contribution is -2.45. The molecule has 9 heteroatoms. The summed E-state index contributed by atoms with van der Waals surface area (Å²) in [5.74, 6) is -0.185. The first-order valence-electron chi connectivity index (χ1n) is 33.5. The number of phosphoric ester groups is 1. The summed E-state index contributed by atoms with van der Waals surface area (Å²) >= 11 is 0. The molecule has 3 N–H and O–H groups in total. The van der Waals surface area contributed by atoms with E-state index in [0.717, 1.165) is 83.5 Å². The molecule has 79 heavy (non-hydrogen) atoms. The molecule has 3 unspecified atom stereocenters. The average molecular weight is 1130 g/mol. The molecule has 0 aliphatic carbocycles. The summed E-state index contributed by atoms with van der Waals surface area (Å²) in [5, 5.41) is 14.0. The fourth-order valence-electron chi connectivity index (χ4n) is 9.70. The second kappa shape index (κ2) is 60.3. The maximum atomic E-state index is 13.0. The Bertz CT molecular complexity index is 1560. The van der Waals surface area contributed by atoms with Gasteiger partial charge < -0.3 is 19.8 Å². The van der Waals surface area contributed by atoms with E-state index in [9.17, 15) is 19.4 Å². The third-order valence-electron chi connectivity index (χ3n) is 14.9. The van der Waals surface area contributed by atoms with E-state index in [1.54, 1.807) is 6.08 Å². The van der Waals surface area contributed by atoms with Crippen LogP contribution in [0, 0.1) is 0 Å². The lowest BCUT2D eigenvalue weighted by molar-refractivity contribution is -0.870. The third kappa shape index (κ3) is 63.1. The Hall–Kier alpha value is -2.32. The Labute approximate surface area is 490 Å². The lowest BCUT2D eigenvalue weighted by atomic mass is 10.0. The molecule has 0 aromatic heterocycles. The molecule has 0 fully saturated rings. The van der Waals surface area contributed by atoms with Crippen LogP contribution in [0.2, 0.25) is 0 Å². The fourth-order valence-corrected chi connectivity index (χ4v) is 10.4. The van der Waals surface area contributed by atoms with Crippen LogP contribution in [-0.4, -0.2) is 73.4 Å². The van der Waals surface area contributed by atoms with E-state index in [1.165, 1.54) is 199 Å². The zero-order valence-electron chi connectivity index (χ0n) is 52.6. The molecule has 0 saturated carbocycles. The molecule has 0 rings (SSSR count). The van der Waals surface area contributed by atoms with Crippen molar-refractivity contribution in [3.8, 4) is 0 Å². The van der Waals surface area contributed by atoms with Crippen LogP contribution in [0.3, 0.4) is 0 Å². The van der Waals surface area contributed by atoms with Gasteiger partial charge in [0, 0.05) is 6.42 Å². The van der Waals surface area contributed by atoms with Crippen molar-refractivity contribution in [2.75, 3.05) is 40.9 Å². The number of unbranched alkanes of at least 4 members (excludes halogenated alkanes) is 36. The maximum absolute atomic E-state index is 13.0. The summed E-state index contributed by atoms with van der Waals surface area (Å²) in [5.41, 5.74) is 0. The highest BCUT2D eigenvalue weighted by Crippen LogP contribution is 2.43. The van der Waals surface area contributed by atoms with Crippen LogP contribution in [0.5, 0.6) is 0 Å². The second-order valence-electron chi connectivity index (χ2n) is 23.8. The number of amides is 1. The van der Waals surface area contributed by atoms with Crippen molar-refractivity contribution in [3.05, 3.63) is 85.1 Å². The van der Waals surface area contributed by atoms with Crippen molar-refractivity contribution >= 4 is 13.7 Å². The molecule has 3 atom stereocenters. The molecule has 0 aliphatic rings. The summed E-state index contributed by atoms with van der Waals surface area (Å²) in [6.07, 6.45) is 85.7. The molecule has 460 valence electrons. The Kier molecular flexibility index (Phi) is 58.5. The van der Waals surface area contributed by atoms with Crippen LogP contribution in [0.1, 0.15) is 303 Å². The van der Waals surface area contributed by atoms with Crippen LogP contribution >= 0.6 is 7.82 Å². The van der Waals surface area contributed by atoms with E-state index in [2.05, 4.69) is 92.1 Å². The van der Waals surface area contributed by atoms with Crippen molar-refractivity contribution < 1.29 is 32.9 Å². The maximum Gasteiger partial charge on any atom is 0.472 e. The number of aliphatic hydroxyl groups is 1. The van der Waals surface area contributed by atoms with Gasteiger partial charge in [-0.25, -0.2) is 4.57 Å². The molecule has 8 nitrogen and oxygen atoms in total. The molecule has 0 bridgehead atoms. The number of nitrogens with one attached hydrogen (secondary N) is 1. The normalized spacial score (nSPS) is 14.3. The number of hydrogen-bond donors (Lipinski definition) is 3. The predicted molar refractivity (Wildman–Crippen MR) is 346 cm³/mol. The van der Waals surface area contributed by atoms with Gasteiger partial charge in [0.15, 0.2) is 0 Å². The molecule has 0 spiro atoms. The zero-order valence-corrected chi connectivity index (χ0v) is 53.5. The van der Waals surface area contributed by atoms with Crippen molar-refractivity contribution in [1.29, 1.82) is 0 Å². The molecule has 0 aromatic rings. The van der Waals surface area contributed by atoms with Crippen LogP contribution in [-0.2, 0) is 18.4 Å². The van der Waals surface area contributed by atoms with Gasteiger partial charge in [-0.05, 0) is 70.6 Å². The number of carbonyl (C=O) groups is 1. The quantitative estimate of drug-likeness (QED) is 0.0243. The fraction of sp³-hybridized carbons (Fsp3) is 0.786. The van der Waals surface area contributed by atoms with Crippen molar-refractivity contribution in [2.24, 2.45) is 0 Å². The average Bonchev–Trinajstić information content (AvgIpc) is 3.42. The molecular weight excluding hydrogens is 996 g/mol. The molecular formula is C70H130N2O6P+. The van der Waals surface area contributed by atoms with E-state index in [0.29, 0.717) is 17.4 Å². The van der Waals surface area contributed by atoms with Gasteiger partial charge in [0.1, 0.15) is 13.2 Å². The SMILES string of the molecule is CC/C=C\C/C=C\C/C=C\C/C=C\C/C=C\C/C=C\CCCCCCCCCCC(=O)NC(COP(=O)(O)OCC[N+](C)(C)C)C(O)/C=C/CCCCCCCCCCCCCCCCCCCCCCCCCCCCCC. The summed E-state index contributed by atoms with van der Waals surface area (Å²) in [6.45, 7) is 4.72. The number of hydrogen-bond acceptors (Lipinski definition) is 5. The number of rotatable bonds is 61. The Morgan fingerprint density at radius 3 is 1.11 bits per heavy atom. The molecule has 0 heterocycles. The van der Waals surface area contributed by atoms with E-state index < -0.39 is 20.0 Å². The number of phosphoric acid groups is 1. The molecule has 0 aromatic carbocycles. The van der Waals surface area contributed by atoms with Gasteiger partial charge in [0.05, 0.1) is 39.9 Å². The van der Waals surface area contributed by atoms with Crippen LogP contribution < -0.4 is 5.32 Å². The summed E-state index contributed by atoms with van der Waals surface area (Å²) in [7, 11) is 1.56. The van der Waals surface area contributed by atoms with Gasteiger partial charge in [0.25, 0.3) is 0 Å². The number of aliphatic hydroxyl groups excluding tert-OH is 1. The molecule has 0 radical (unpaired) electrons. The Morgan fingerprint density at radius 2 is 0.759 bits per heavy atom. The minimum Gasteiger partial charge on any atom is -0.387 e. The van der Waals surface area contributed by atoms with Gasteiger partial charge in [0.2, 0.25) is 5.91 Å². The van der Waals surface area contributed by atoms with E-state index >= 15 is 0 Å². The largest absolute Gasteiger partial charge is 0.472 e.